The van der Waals surface area contributed by atoms with Crippen LogP contribution in [0.15, 0.2) is 23.7 Å². The maximum Gasteiger partial charge on any atom is 0.337 e. The number of hydrogen-bond donors (Lipinski definition) is 8. The molecule has 0 amide bonds. The molecule has 19 atom stereocenters. The molecule has 0 aromatic heterocycles. The number of ether oxygens (including phenoxy) is 8. The first kappa shape index (κ1) is 38.3. The molecule has 6 rings (SSSR count). The maximum absolute atomic E-state index is 13.9. The number of carbonyl (C=O) groups is 2. The van der Waals surface area contributed by atoms with Crippen molar-refractivity contribution in [2.45, 2.75) is 113 Å². The highest BCUT2D eigenvalue weighted by Crippen LogP contribution is 2.51. The Morgan fingerprint density at radius 3 is 1.71 bits per heavy atom. The molecule has 2 saturated heterocycles. The number of rotatable bonds is 9. The first-order valence-electron chi connectivity index (χ1n) is 17.2. The first-order valence-corrected chi connectivity index (χ1v) is 17.2. The van der Waals surface area contributed by atoms with E-state index in [1.54, 1.807) is 6.92 Å². The summed E-state index contributed by atoms with van der Waals surface area (Å²) in [5.74, 6) is -3.78. The predicted molar refractivity (Wildman–Crippen MR) is 164 cm³/mol. The molecule has 4 aliphatic heterocycles. The van der Waals surface area contributed by atoms with Crippen LogP contribution >= 0.6 is 0 Å². The summed E-state index contributed by atoms with van der Waals surface area (Å²) < 4.78 is 45.7. The van der Waals surface area contributed by atoms with E-state index in [9.17, 15) is 50.4 Å². The Hall–Kier alpha value is -2.46. The molecular formula is C33H48O18. The molecule has 4 heterocycles. The zero-order valence-electron chi connectivity index (χ0n) is 28.3. The zero-order valence-corrected chi connectivity index (χ0v) is 28.3. The Bertz CT molecular complexity index is 1320. The second kappa shape index (κ2) is 15.5. The molecule has 288 valence electrons. The van der Waals surface area contributed by atoms with E-state index in [1.165, 1.54) is 19.6 Å². The van der Waals surface area contributed by atoms with Crippen molar-refractivity contribution < 1.29 is 88.3 Å². The van der Waals surface area contributed by atoms with E-state index in [0.29, 0.717) is 12.8 Å². The standard InChI is InChI=1S/C33H48O18/c1-11-4-5-13-15(9-45-30(20(11)13)50-32-26(40)24(38)22(36)18(7-34)48-32)29(43)47-17-6-14-16(28(42)44-3)10-46-31(21(14)12(17)2)51-33-27(41)25(39)23(37)19(8-35)49-33/h9-14,17-27,30-41H,4-8H2,1-3H3/t11-,12-,13+,14+,17-,18+,19+,20+,21+,22+,23+,24-,25-,26+,27+,30-,31-,32-,33-/m0/s1. The van der Waals surface area contributed by atoms with Gasteiger partial charge in [-0.3, -0.25) is 0 Å². The van der Waals surface area contributed by atoms with Gasteiger partial charge in [0, 0.05) is 29.6 Å². The summed E-state index contributed by atoms with van der Waals surface area (Å²) in [6.45, 7) is 2.46. The lowest BCUT2D eigenvalue weighted by Crippen LogP contribution is -2.60. The van der Waals surface area contributed by atoms with E-state index in [0.717, 1.165) is 0 Å². The molecule has 18 heteroatoms. The van der Waals surface area contributed by atoms with Crippen LogP contribution in [0.3, 0.4) is 0 Å². The molecule has 51 heavy (non-hydrogen) atoms. The van der Waals surface area contributed by atoms with Gasteiger partial charge in [-0.1, -0.05) is 13.8 Å². The van der Waals surface area contributed by atoms with Crippen LogP contribution in [0.5, 0.6) is 0 Å². The highest BCUT2D eigenvalue weighted by atomic mass is 16.8. The van der Waals surface area contributed by atoms with Crippen LogP contribution in [0.4, 0.5) is 0 Å². The maximum atomic E-state index is 13.9. The largest absolute Gasteiger partial charge is 0.472 e. The summed E-state index contributed by atoms with van der Waals surface area (Å²) in [6, 6.07) is 0. The molecule has 8 N–H and O–H groups in total. The van der Waals surface area contributed by atoms with Gasteiger partial charge in [0.05, 0.1) is 44.0 Å². The van der Waals surface area contributed by atoms with E-state index in [2.05, 4.69) is 0 Å². The number of methoxy groups -OCH3 is 1. The molecule has 0 radical (unpaired) electrons. The first-order chi connectivity index (χ1) is 24.3. The van der Waals surface area contributed by atoms with Crippen LogP contribution in [0, 0.1) is 35.5 Å². The van der Waals surface area contributed by atoms with Gasteiger partial charge >= 0.3 is 11.9 Å². The number of aliphatic hydroxyl groups excluding tert-OH is 8. The van der Waals surface area contributed by atoms with Gasteiger partial charge in [0.1, 0.15) is 54.9 Å². The van der Waals surface area contributed by atoms with E-state index >= 15 is 0 Å². The number of aliphatic hydroxyl groups is 8. The van der Waals surface area contributed by atoms with Gasteiger partial charge in [0.2, 0.25) is 12.6 Å². The molecule has 4 fully saturated rings. The van der Waals surface area contributed by atoms with Gasteiger partial charge in [-0.05, 0) is 25.2 Å². The van der Waals surface area contributed by atoms with Crippen molar-refractivity contribution in [2.75, 3.05) is 20.3 Å². The minimum atomic E-state index is -1.70. The molecule has 2 saturated carbocycles. The smallest absolute Gasteiger partial charge is 0.337 e. The monoisotopic (exact) mass is 732 g/mol. The number of esters is 2. The lowest BCUT2D eigenvalue weighted by atomic mass is 9.83. The quantitative estimate of drug-likeness (QED) is 0.111. The summed E-state index contributed by atoms with van der Waals surface area (Å²) in [5, 5.41) is 81.1. The van der Waals surface area contributed by atoms with Crippen molar-refractivity contribution in [3.05, 3.63) is 23.7 Å². The van der Waals surface area contributed by atoms with E-state index in [-0.39, 0.29) is 35.3 Å². The van der Waals surface area contributed by atoms with E-state index in [4.69, 9.17) is 37.9 Å². The average molecular weight is 733 g/mol. The van der Waals surface area contributed by atoms with E-state index < -0.39 is 123 Å². The van der Waals surface area contributed by atoms with Crippen molar-refractivity contribution in [3.63, 3.8) is 0 Å². The molecule has 0 aromatic carbocycles. The molecule has 0 aromatic rings. The lowest BCUT2D eigenvalue weighted by Gasteiger charge is -2.43. The predicted octanol–water partition coefficient (Wildman–Crippen LogP) is -2.88. The lowest BCUT2D eigenvalue weighted by molar-refractivity contribution is -0.342. The normalized spacial score (nSPS) is 47.9. The minimum absolute atomic E-state index is 0.000106. The zero-order chi connectivity index (χ0) is 36.9. The topological polar surface area (TPSA) is 270 Å². The summed E-state index contributed by atoms with van der Waals surface area (Å²) in [7, 11) is 1.22. The van der Waals surface area contributed by atoms with Gasteiger partial charge in [-0.2, -0.15) is 0 Å². The Morgan fingerprint density at radius 1 is 0.686 bits per heavy atom. The molecule has 0 spiro atoms. The highest BCUT2D eigenvalue weighted by molar-refractivity contribution is 5.90. The van der Waals surface area contributed by atoms with Crippen LogP contribution in [-0.4, -0.2) is 153 Å². The summed E-state index contributed by atoms with van der Waals surface area (Å²) in [6.07, 6.45) is -14.2. The van der Waals surface area contributed by atoms with Crippen molar-refractivity contribution >= 4 is 11.9 Å². The number of fused-ring (bicyclic) bond motifs is 2. The average Bonchev–Trinajstić information content (AvgIpc) is 3.67. The third-order valence-corrected chi connectivity index (χ3v) is 11.4. The summed E-state index contributed by atoms with van der Waals surface area (Å²) in [5.41, 5.74) is 0.439. The Balaban J connectivity index is 1.17. The Morgan fingerprint density at radius 2 is 1.20 bits per heavy atom. The fourth-order valence-corrected chi connectivity index (χ4v) is 8.44. The third kappa shape index (κ3) is 7.02. The number of carbonyl (C=O) groups excluding carboxylic acids is 2. The second-order valence-corrected chi connectivity index (χ2v) is 14.3. The van der Waals surface area contributed by atoms with Crippen molar-refractivity contribution in [2.24, 2.45) is 35.5 Å². The van der Waals surface area contributed by atoms with Crippen molar-refractivity contribution in [3.8, 4) is 0 Å². The third-order valence-electron chi connectivity index (χ3n) is 11.4. The van der Waals surface area contributed by atoms with E-state index in [1.807, 2.05) is 6.92 Å². The molecule has 0 unspecified atom stereocenters. The van der Waals surface area contributed by atoms with Crippen LogP contribution in [0.2, 0.25) is 0 Å². The summed E-state index contributed by atoms with van der Waals surface area (Å²) in [4.78, 5) is 26.6. The Labute approximate surface area is 293 Å². The van der Waals surface area contributed by atoms with Gasteiger partial charge in [-0.15, -0.1) is 0 Å². The second-order valence-electron chi connectivity index (χ2n) is 14.3. The summed E-state index contributed by atoms with van der Waals surface area (Å²) >= 11 is 0. The van der Waals surface area contributed by atoms with Crippen molar-refractivity contribution in [1.82, 2.24) is 0 Å². The van der Waals surface area contributed by atoms with Gasteiger partial charge < -0.3 is 78.7 Å². The van der Waals surface area contributed by atoms with Crippen LogP contribution in [0.25, 0.3) is 0 Å². The van der Waals surface area contributed by atoms with Gasteiger partial charge in [0.15, 0.2) is 12.6 Å². The Kier molecular flexibility index (Phi) is 11.6. The highest BCUT2D eigenvalue weighted by Gasteiger charge is 2.56. The molecule has 6 aliphatic rings. The van der Waals surface area contributed by atoms with Gasteiger partial charge in [-0.25, -0.2) is 9.59 Å². The van der Waals surface area contributed by atoms with Crippen LogP contribution in [-0.2, 0) is 47.5 Å². The molecule has 2 aliphatic carbocycles. The molecule has 18 nitrogen and oxygen atoms in total. The van der Waals surface area contributed by atoms with Crippen LogP contribution < -0.4 is 0 Å². The van der Waals surface area contributed by atoms with Gasteiger partial charge in [0.25, 0.3) is 0 Å². The van der Waals surface area contributed by atoms with Crippen LogP contribution in [0.1, 0.15) is 33.1 Å². The molecular weight excluding hydrogens is 684 g/mol. The molecule has 0 bridgehead atoms. The van der Waals surface area contributed by atoms with Crippen molar-refractivity contribution in [1.29, 1.82) is 0 Å². The fraction of sp³-hybridized carbons (Fsp3) is 0.818. The fourth-order valence-electron chi connectivity index (χ4n) is 8.44. The number of hydrogen-bond acceptors (Lipinski definition) is 18. The minimum Gasteiger partial charge on any atom is -0.472 e. The SMILES string of the molecule is COC(=O)C1=CO[C@@H](O[C@@H]2O[C@H](CO)[C@@H](O)[C@H](O)[C@H]2O)[C@@H]2[C@@H](C)[C@@H](OC(=O)C3=CO[C@@H](O[C@@H]4O[C@H](CO)[C@@H](O)[C@H](O)[C@H]4O)[C@H]4[C@@H]3CC[C@@H]4C)C[C@H]12.